The summed E-state index contributed by atoms with van der Waals surface area (Å²) in [5.74, 6) is 0. The predicted octanol–water partition coefficient (Wildman–Crippen LogP) is 1.60. The van der Waals surface area contributed by atoms with Gasteiger partial charge in [0.1, 0.15) is 0 Å². The molecule has 0 aliphatic rings. The van der Waals surface area contributed by atoms with Crippen molar-refractivity contribution in [3.8, 4) is 0 Å². The largest absolute Gasteiger partial charge is 0.330 e. The fourth-order valence-electron chi connectivity index (χ4n) is 1.26. The molecular weight excluding hydrogens is 218 g/mol. The van der Waals surface area contributed by atoms with E-state index < -0.39 is 4.92 Å². The highest BCUT2D eigenvalue weighted by molar-refractivity contribution is 6.31. The van der Waals surface area contributed by atoms with Gasteiger partial charge in [-0.2, -0.15) is 0 Å². The fourth-order valence-corrected chi connectivity index (χ4v) is 1.52. The molecule has 1 rings (SSSR count). The highest BCUT2D eigenvalue weighted by Gasteiger charge is 2.14. The van der Waals surface area contributed by atoms with Crippen LogP contribution in [0.4, 0.5) is 5.69 Å². The maximum absolute atomic E-state index is 10.5. The quantitative estimate of drug-likeness (QED) is 0.606. The summed E-state index contributed by atoms with van der Waals surface area (Å²) in [6.45, 7) is 0.417. The zero-order valence-corrected chi connectivity index (χ0v) is 8.78. The van der Waals surface area contributed by atoms with Crippen LogP contribution in [-0.2, 0) is 0 Å². The molecule has 0 bridgehead atoms. The van der Waals surface area contributed by atoms with Crippen molar-refractivity contribution in [2.45, 2.75) is 12.5 Å². The van der Waals surface area contributed by atoms with Gasteiger partial charge in [-0.1, -0.05) is 11.6 Å². The van der Waals surface area contributed by atoms with Crippen LogP contribution < -0.4 is 11.5 Å². The standard InChI is InChI=1S/C9H12ClN3O2/c10-8-2-1-6(13(14)15)5-7(8)9(12)3-4-11/h1-2,5,9H,3-4,11-12H2/t9-/m0/s1. The molecule has 0 spiro atoms. The van der Waals surface area contributed by atoms with Crippen molar-refractivity contribution >= 4 is 17.3 Å². The van der Waals surface area contributed by atoms with Gasteiger partial charge in [0.2, 0.25) is 0 Å². The zero-order valence-electron chi connectivity index (χ0n) is 8.02. The normalized spacial score (nSPS) is 12.5. The molecule has 1 aromatic rings. The van der Waals surface area contributed by atoms with Gasteiger partial charge in [-0.3, -0.25) is 10.1 Å². The monoisotopic (exact) mass is 229 g/mol. The van der Waals surface area contributed by atoms with E-state index in [0.717, 1.165) is 0 Å². The number of nitro groups is 1. The Hall–Kier alpha value is -1.17. The van der Waals surface area contributed by atoms with Gasteiger partial charge in [-0.15, -0.1) is 0 Å². The van der Waals surface area contributed by atoms with Crippen molar-refractivity contribution in [2.75, 3.05) is 6.54 Å². The SMILES string of the molecule is NCC[C@H](N)c1cc([N+](=O)[O-])ccc1Cl. The summed E-state index contributed by atoms with van der Waals surface area (Å²) in [7, 11) is 0. The third-order valence-electron chi connectivity index (χ3n) is 2.07. The van der Waals surface area contributed by atoms with Gasteiger partial charge in [0, 0.05) is 23.2 Å². The van der Waals surface area contributed by atoms with Gasteiger partial charge >= 0.3 is 0 Å². The van der Waals surface area contributed by atoms with Crippen LogP contribution in [0.5, 0.6) is 0 Å². The maximum Gasteiger partial charge on any atom is 0.269 e. The number of benzene rings is 1. The van der Waals surface area contributed by atoms with Crippen LogP contribution in [0.3, 0.4) is 0 Å². The molecule has 5 nitrogen and oxygen atoms in total. The summed E-state index contributed by atoms with van der Waals surface area (Å²) in [6, 6.07) is 3.86. The van der Waals surface area contributed by atoms with E-state index in [-0.39, 0.29) is 11.7 Å². The molecule has 0 radical (unpaired) electrons. The fraction of sp³-hybridized carbons (Fsp3) is 0.333. The van der Waals surface area contributed by atoms with Crippen LogP contribution in [-0.4, -0.2) is 11.5 Å². The number of nitrogens with two attached hydrogens (primary N) is 2. The minimum absolute atomic E-state index is 0.0122. The van der Waals surface area contributed by atoms with E-state index in [2.05, 4.69) is 0 Å². The average Bonchev–Trinajstić information content (AvgIpc) is 2.18. The highest BCUT2D eigenvalue weighted by Crippen LogP contribution is 2.27. The Labute approximate surface area is 92.2 Å². The van der Waals surface area contributed by atoms with Crippen molar-refractivity contribution in [2.24, 2.45) is 11.5 Å². The van der Waals surface area contributed by atoms with Crippen LogP contribution in [0, 0.1) is 10.1 Å². The Morgan fingerprint density at radius 1 is 1.53 bits per heavy atom. The van der Waals surface area contributed by atoms with E-state index >= 15 is 0 Å². The summed E-state index contributed by atoms with van der Waals surface area (Å²) in [6.07, 6.45) is 0.543. The minimum atomic E-state index is -0.477. The molecule has 1 atom stereocenters. The first-order valence-electron chi connectivity index (χ1n) is 4.45. The van der Waals surface area contributed by atoms with E-state index in [1.54, 1.807) is 0 Å². The van der Waals surface area contributed by atoms with E-state index in [4.69, 9.17) is 23.1 Å². The van der Waals surface area contributed by atoms with Gasteiger partial charge in [0.05, 0.1) is 4.92 Å². The molecule has 0 saturated heterocycles. The van der Waals surface area contributed by atoms with Crippen molar-refractivity contribution in [1.82, 2.24) is 0 Å². The molecule has 0 aliphatic carbocycles. The summed E-state index contributed by atoms with van der Waals surface area (Å²) in [5.41, 5.74) is 11.7. The Balaban J connectivity index is 3.04. The van der Waals surface area contributed by atoms with Gasteiger partial charge in [0.25, 0.3) is 5.69 Å². The van der Waals surface area contributed by atoms with Gasteiger partial charge in [0.15, 0.2) is 0 Å². The highest BCUT2D eigenvalue weighted by atomic mass is 35.5. The number of nitro benzene ring substituents is 1. The van der Waals surface area contributed by atoms with E-state index in [1.165, 1.54) is 18.2 Å². The number of non-ortho nitro benzene ring substituents is 1. The number of nitrogens with zero attached hydrogens (tertiary/aromatic N) is 1. The summed E-state index contributed by atoms with van der Waals surface area (Å²) < 4.78 is 0. The predicted molar refractivity (Wildman–Crippen MR) is 58.7 cm³/mol. The molecule has 6 heteroatoms. The molecular formula is C9H12ClN3O2. The first-order valence-corrected chi connectivity index (χ1v) is 4.83. The molecule has 0 aromatic heterocycles. The Bertz CT molecular complexity index is 370. The summed E-state index contributed by atoms with van der Waals surface area (Å²) in [5, 5.41) is 11.0. The molecule has 0 amide bonds. The molecule has 0 fully saturated rings. The van der Waals surface area contributed by atoms with Crippen LogP contribution in [0.1, 0.15) is 18.0 Å². The van der Waals surface area contributed by atoms with Crippen molar-refractivity contribution in [3.63, 3.8) is 0 Å². The number of hydrogen-bond acceptors (Lipinski definition) is 4. The van der Waals surface area contributed by atoms with Crippen LogP contribution in [0.25, 0.3) is 0 Å². The minimum Gasteiger partial charge on any atom is -0.330 e. The summed E-state index contributed by atoms with van der Waals surface area (Å²) >= 11 is 5.89. The average molecular weight is 230 g/mol. The first kappa shape index (κ1) is 11.9. The smallest absolute Gasteiger partial charge is 0.269 e. The molecule has 0 aliphatic heterocycles. The molecule has 0 heterocycles. The Morgan fingerprint density at radius 2 is 2.20 bits per heavy atom. The second kappa shape index (κ2) is 5.06. The molecule has 0 unspecified atom stereocenters. The Morgan fingerprint density at radius 3 is 2.73 bits per heavy atom. The molecule has 15 heavy (non-hydrogen) atoms. The molecule has 0 saturated carbocycles. The zero-order chi connectivity index (χ0) is 11.4. The number of hydrogen-bond donors (Lipinski definition) is 2. The van der Waals surface area contributed by atoms with Crippen LogP contribution in [0.2, 0.25) is 5.02 Å². The van der Waals surface area contributed by atoms with Gasteiger partial charge < -0.3 is 11.5 Å². The number of halogens is 1. The van der Waals surface area contributed by atoms with Crippen molar-refractivity contribution in [3.05, 3.63) is 38.9 Å². The van der Waals surface area contributed by atoms with E-state index in [9.17, 15) is 10.1 Å². The molecule has 1 aromatic carbocycles. The van der Waals surface area contributed by atoms with E-state index in [1.807, 2.05) is 0 Å². The van der Waals surface area contributed by atoms with E-state index in [0.29, 0.717) is 23.6 Å². The lowest BCUT2D eigenvalue weighted by Gasteiger charge is -2.11. The van der Waals surface area contributed by atoms with Crippen molar-refractivity contribution < 1.29 is 4.92 Å². The lowest BCUT2D eigenvalue weighted by molar-refractivity contribution is -0.384. The van der Waals surface area contributed by atoms with Crippen LogP contribution in [0.15, 0.2) is 18.2 Å². The molecule has 4 N–H and O–H groups in total. The lowest BCUT2D eigenvalue weighted by Crippen LogP contribution is -2.15. The number of rotatable bonds is 4. The van der Waals surface area contributed by atoms with Gasteiger partial charge in [-0.25, -0.2) is 0 Å². The topological polar surface area (TPSA) is 95.2 Å². The third kappa shape index (κ3) is 2.89. The van der Waals surface area contributed by atoms with Gasteiger partial charge in [-0.05, 0) is 24.6 Å². The third-order valence-corrected chi connectivity index (χ3v) is 2.41. The maximum atomic E-state index is 10.5. The lowest BCUT2D eigenvalue weighted by atomic mass is 10.0. The van der Waals surface area contributed by atoms with Crippen molar-refractivity contribution in [1.29, 1.82) is 0 Å². The second-order valence-electron chi connectivity index (χ2n) is 3.15. The molecule has 82 valence electrons. The first-order chi connectivity index (χ1) is 7.06. The Kier molecular flexibility index (Phi) is 4.02. The second-order valence-corrected chi connectivity index (χ2v) is 3.55. The summed E-state index contributed by atoms with van der Waals surface area (Å²) in [4.78, 5) is 10.1. The van der Waals surface area contributed by atoms with Crippen LogP contribution >= 0.6 is 11.6 Å².